The van der Waals surface area contributed by atoms with Crippen molar-refractivity contribution >= 4 is 16.4 Å². The van der Waals surface area contributed by atoms with Gasteiger partial charge < -0.3 is 4.79 Å². The molecule has 0 spiro atoms. The summed E-state index contributed by atoms with van der Waals surface area (Å²) in [5, 5.41) is -1.15. The van der Waals surface area contributed by atoms with Crippen molar-refractivity contribution in [1.29, 1.82) is 0 Å². The molecule has 0 bridgehead atoms. The Morgan fingerprint density at radius 3 is 2.29 bits per heavy atom. The average molecular weight is 214 g/mol. The molecule has 0 aliphatic rings. The standard InChI is InChI=1S/C9H10O4S/c10-7-6-9(14(11,12)13)8-4-2-1-3-5-8/h1-5,7,9H,6H2,(H,11,12,13). The quantitative estimate of drug-likeness (QED) is 0.604. The van der Waals surface area contributed by atoms with Crippen molar-refractivity contribution < 1.29 is 17.8 Å². The van der Waals surface area contributed by atoms with E-state index in [9.17, 15) is 13.2 Å². The smallest absolute Gasteiger partial charge is 0.272 e. The number of carbonyl (C=O) groups excluding carboxylic acids is 1. The van der Waals surface area contributed by atoms with Gasteiger partial charge in [-0.3, -0.25) is 4.55 Å². The molecule has 1 atom stereocenters. The lowest BCUT2D eigenvalue weighted by molar-refractivity contribution is -0.107. The molecule has 0 aliphatic carbocycles. The molecule has 0 aliphatic heterocycles. The number of benzene rings is 1. The Balaban J connectivity index is 3.07. The van der Waals surface area contributed by atoms with Gasteiger partial charge in [0.15, 0.2) is 0 Å². The van der Waals surface area contributed by atoms with Gasteiger partial charge in [0.1, 0.15) is 11.5 Å². The van der Waals surface area contributed by atoms with Gasteiger partial charge >= 0.3 is 0 Å². The van der Waals surface area contributed by atoms with Crippen LogP contribution in [0.15, 0.2) is 30.3 Å². The van der Waals surface area contributed by atoms with Gasteiger partial charge in [-0.05, 0) is 5.56 Å². The van der Waals surface area contributed by atoms with Crippen LogP contribution in [0.25, 0.3) is 0 Å². The third-order valence-corrected chi connectivity index (χ3v) is 3.02. The summed E-state index contributed by atoms with van der Waals surface area (Å²) < 4.78 is 30.7. The van der Waals surface area contributed by atoms with Crippen molar-refractivity contribution in [3.63, 3.8) is 0 Å². The second-order valence-electron chi connectivity index (χ2n) is 2.82. The molecule has 0 amide bonds. The van der Waals surface area contributed by atoms with E-state index in [1.807, 2.05) is 0 Å². The molecular weight excluding hydrogens is 204 g/mol. The maximum absolute atomic E-state index is 10.9. The van der Waals surface area contributed by atoms with Crippen molar-refractivity contribution in [2.75, 3.05) is 0 Å². The van der Waals surface area contributed by atoms with Crippen LogP contribution in [0.1, 0.15) is 17.2 Å². The van der Waals surface area contributed by atoms with E-state index in [0.29, 0.717) is 11.8 Å². The van der Waals surface area contributed by atoms with E-state index in [1.54, 1.807) is 30.3 Å². The zero-order valence-electron chi connectivity index (χ0n) is 7.33. The summed E-state index contributed by atoms with van der Waals surface area (Å²) in [5.41, 5.74) is 0.419. The van der Waals surface area contributed by atoms with Crippen LogP contribution in [0.3, 0.4) is 0 Å². The van der Waals surface area contributed by atoms with Crippen LogP contribution in [-0.4, -0.2) is 19.3 Å². The van der Waals surface area contributed by atoms with Crippen LogP contribution in [0.2, 0.25) is 0 Å². The van der Waals surface area contributed by atoms with Crippen LogP contribution in [0, 0.1) is 0 Å². The number of carbonyl (C=O) groups is 1. The molecular formula is C9H10O4S. The highest BCUT2D eigenvalue weighted by atomic mass is 32.2. The first-order valence-corrected chi connectivity index (χ1v) is 5.51. The molecule has 0 saturated heterocycles. The minimum Gasteiger partial charge on any atom is -0.303 e. The highest BCUT2D eigenvalue weighted by Crippen LogP contribution is 2.23. The topological polar surface area (TPSA) is 71.4 Å². The summed E-state index contributed by atoms with van der Waals surface area (Å²) in [6.45, 7) is 0. The fourth-order valence-corrected chi connectivity index (χ4v) is 2.01. The van der Waals surface area contributed by atoms with Gasteiger partial charge in [0, 0.05) is 6.42 Å². The number of hydrogen-bond acceptors (Lipinski definition) is 3. The largest absolute Gasteiger partial charge is 0.303 e. The molecule has 4 nitrogen and oxygen atoms in total. The summed E-state index contributed by atoms with van der Waals surface area (Å²) >= 11 is 0. The average Bonchev–Trinajstić information content (AvgIpc) is 2.14. The first kappa shape index (κ1) is 10.9. The van der Waals surface area contributed by atoms with Gasteiger partial charge in [-0.25, -0.2) is 0 Å². The monoisotopic (exact) mass is 214 g/mol. The van der Waals surface area contributed by atoms with Crippen LogP contribution in [0.4, 0.5) is 0 Å². The summed E-state index contributed by atoms with van der Waals surface area (Å²) in [4.78, 5) is 10.3. The van der Waals surface area contributed by atoms with Gasteiger partial charge in [-0.1, -0.05) is 30.3 Å². The van der Waals surface area contributed by atoms with E-state index in [1.165, 1.54) is 0 Å². The molecule has 1 aromatic rings. The lowest BCUT2D eigenvalue weighted by Crippen LogP contribution is -2.12. The van der Waals surface area contributed by atoms with Crippen LogP contribution >= 0.6 is 0 Å². The van der Waals surface area contributed by atoms with E-state index in [-0.39, 0.29) is 6.42 Å². The molecule has 0 saturated carbocycles. The zero-order chi connectivity index (χ0) is 10.6. The predicted octanol–water partition coefficient (Wildman–Crippen LogP) is 1.20. The highest BCUT2D eigenvalue weighted by Gasteiger charge is 2.23. The summed E-state index contributed by atoms with van der Waals surface area (Å²) in [6, 6.07) is 8.14. The van der Waals surface area contributed by atoms with E-state index < -0.39 is 15.4 Å². The van der Waals surface area contributed by atoms with E-state index in [0.717, 1.165) is 0 Å². The Bertz CT molecular complexity index is 396. The maximum Gasteiger partial charge on any atom is 0.272 e. The third kappa shape index (κ3) is 2.65. The van der Waals surface area contributed by atoms with Crippen molar-refractivity contribution in [3.05, 3.63) is 35.9 Å². The van der Waals surface area contributed by atoms with Crippen molar-refractivity contribution in [2.24, 2.45) is 0 Å². The van der Waals surface area contributed by atoms with Crippen molar-refractivity contribution in [1.82, 2.24) is 0 Å². The molecule has 0 aromatic heterocycles. The van der Waals surface area contributed by atoms with Gasteiger partial charge in [-0.15, -0.1) is 0 Å². The molecule has 1 aromatic carbocycles. The van der Waals surface area contributed by atoms with Crippen molar-refractivity contribution in [2.45, 2.75) is 11.7 Å². The third-order valence-electron chi connectivity index (χ3n) is 1.84. The van der Waals surface area contributed by atoms with Gasteiger partial charge in [0.05, 0.1) is 0 Å². The molecule has 1 rings (SSSR count). The SMILES string of the molecule is O=CCC(c1ccccc1)S(=O)(=O)O. The molecule has 5 heteroatoms. The van der Waals surface area contributed by atoms with E-state index in [2.05, 4.69) is 0 Å². The Morgan fingerprint density at radius 1 is 1.29 bits per heavy atom. The highest BCUT2D eigenvalue weighted by molar-refractivity contribution is 7.86. The number of aldehydes is 1. The van der Waals surface area contributed by atoms with Crippen molar-refractivity contribution in [3.8, 4) is 0 Å². The molecule has 0 fully saturated rings. The zero-order valence-corrected chi connectivity index (χ0v) is 8.15. The second kappa shape index (κ2) is 4.34. The first-order chi connectivity index (χ1) is 6.55. The lowest BCUT2D eigenvalue weighted by Gasteiger charge is -2.10. The first-order valence-electron chi connectivity index (χ1n) is 4.00. The Hall–Kier alpha value is -1.20. The molecule has 0 heterocycles. The number of hydrogen-bond donors (Lipinski definition) is 1. The Kier molecular flexibility index (Phi) is 3.38. The Labute approximate surface area is 82.3 Å². The van der Waals surface area contributed by atoms with Crippen LogP contribution < -0.4 is 0 Å². The normalized spacial score (nSPS) is 13.5. The number of rotatable bonds is 4. The predicted molar refractivity (Wildman–Crippen MR) is 51.4 cm³/mol. The van der Waals surface area contributed by atoms with Crippen LogP contribution in [0.5, 0.6) is 0 Å². The fraction of sp³-hybridized carbons (Fsp3) is 0.222. The molecule has 1 unspecified atom stereocenters. The second-order valence-corrected chi connectivity index (χ2v) is 4.42. The molecule has 0 radical (unpaired) electrons. The summed E-state index contributed by atoms with van der Waals surface area (Å²) in [5.74, 6) is 0. The Morgan fingerprint density at radius 2 is 1.86 bits per heavy atom. The van der Waals surface area contributed by atoms with Gasteiger partial charge in [0.25, 0.3) is 10.1 Å². The van der Waals surface area contributed by atoms with E-state index >= 15 is 0 Å². The van der Waals surface area contributed by atoms with Crippen LogP contribution in [-0.2, 0) is 14.9 Å². The fourth-order valence-electron chi connectivity index (χ4n) is 1.18. The summed E-state index contributed by atoms with van der Waals surface area (Å²) in [7, 11) is -4.21. The van der Waals surface area contributed by atoms with E-state index in [4.69, 9.17) is 4.55 Å². The minimum absolute atomic E-state index is 0.233. The van der Waals surface area contributed by atoms with Gasteiger partial charge in [0.2, 0.25) is 0 Å². The molecule has 14 heavy (non-hydrogen) atoms. The molecule has 76 valence electrons. The van der Waals surface area contributed by atoms with Gasteiger partial charge in [-0.2, -0.15) is 8.42 Å². The lowest BCUT2D eigenvalue weighted by atomic mass is 10.1. The minimum atomic E-state index is -4.21. The molecule has 1 N–H and O–H groups in total. The summed E-state index contributed by atoms with van der Waals surface area (Å²) in [6.07, 6.45) is 0.244. The maximum atomic E-state index is 10.9.